The number of ether oxygens (including phenoxy) is 1. The number of nitrogens with one attached hydrogen (secondary N) is 2. The van der Waals surface area contributed by atoms with Gasteiger partial charge in [-0.2, -0.15) is 0 Å². The Morgan fingerprint density at radius 2 is 1.82 bits per heavy atom. The van der Waals surface area contributed by atoms with Crippen LogP contribution >= 0.6 is 0 Å². The summed E-state index contributed by atoms with van der Waals surface area (Å²) in [6.07, 6.45) is 2.43. The molecule has 0 saturated heterocycles. The van der Waals surface area contributed by atoms with Crippen LogP contribution in [0.15, 0.2) is 66.9 Å². The molecule has 0 aliphatic rings. The zero-order valence-electron chi connectivity index (χ0n) is 15.9. The number of pyridine rings is 2. The van der Waals surface area contributed by atoms with Crippen molar-refractivity contribution in [2.45, 2.75) is 6.42 Å². The van der Waals surface area contributed by atoms with Gasteiger partial charge >= 0.3 is 0 Å². The van der Waals surface area contributed by atoms with Crippen LogP contribution in [-0.2, 0) is 11.2 Å². The minimum atomic E-state index is -0.164. The van der Waals surface area contributed by atoms with Crippen LogP contribution in [0.4, 0.5) is 5.82 Å². The van der Waals surface area contributed by atoms with E-state index in [4.69, 9.17) is 4.74 Å². The molecule has 0 aliphatic carbocycles. The molecule has 0 spiro atoms. The summed E-state index contributed by atoms with van der Waals surface area (Å²) in [5, 5.41) is 6.15. The largest absolute Gasteiger partial charge is 0.383 e. The number of carbonyl (C=O) groups excluding carboxylic acids is 1. The van der Waals surface area contributed by atoms with E-state index in [-0.39, 0.29) is 5.91 Å². The molecule has 6 nitrogen and oxygen atoms in total. The van der Waals surface area contributed by atoms with Crippen molar-refractivity contribution in [1.29, 1.82) is 0 Å². The van der Waals surface area contributed by atoms with E-state index in [0.29, 0.717) is 37.5 Å². The molecule has 0 fully saturated rings. The third-order valence-electron chi connectivity index (χ3n) is 4.20. The van der Waals surface area contributed by atoms with Gasteiger partial charge in [-0.1, -0.05) is 36.4 Å². The van der Waals surface area contributed by atoms with Crippen LogP contribution in [0, 0.1) is 0 Å². The molecule has 3 rings (SSSR count). The van der Waals surface area contributed by atoms with Gasteiger partial charge in [-0.3, -0.25) is 9.78 Å². The predicted molar refractivity (Wildman–Crippen MR) is 110 cm³/mol. The van der Waals surface area contributed by atoms with Gasteiger partial charge in [0.2, 0.25) is 0 Å². The van der Waals surface area contributed by atoms with Crippen molar-refractivity contribution in [2.24, 2.45) is 0 Å². The molecule has 28 heavy (non-hydrogen) atoms. The fourth-order valence-corrected chi connectivity index (χ4v) is 2.76. The van der Waals surface area contributed by atoms with E-state index in [1.54, 1.807) is 19.4 Å². The standard InChI is InChI=1S/C22H24N4O2/c1-28-16-15-24-21-19(10-11-20(26-21)17-7-3-2-4-8-17)22(27)25-14-12-18-9-5-6-13-23-18/h2-11,13H,12,14-16H2,1H3,(H,24,26)(H,25,27). The molecule has 0 saturated carbocycles. The van der Waals surface area contributed by atoms with Gasteiger partial charge in [0.1, 0.15) is 5.82 Å². The van der Waals surface area contributed by atoms with Crippen LogP contribution in [0.25, 0.3) is 11.3 Å². The number of anilines is 1. The summed E-state index contributed by atoms with van der Waals surface area (Å²) in [6.45, 7) is 1.60. The van der Waals surface area contributed by atoms with E-state index in [9.17, 15) is 4.79 Å². The van der Waals surface area contributed by atoms with E-state index >= 15 is 0 Å². The van der Waals surface area contributed by atoms with Crippen molar-refractivity contribution in [3.63, 3.8) is 0 Å². The molecule has 1 amide bonds. The highest BCUT2D eigenvalue weighted by Crippen LogP contribution is 2.21. The summed E-state index contributed by atoms with van der Waals surface area (Å²) in [5.41, 5.74) is 3.26. The van der Waals surface area contributed by atoms with E-state index in [2.05, 4.69) is 20.6 Å². The fourth-order valence-electron chi connectivity index (χ4n) is 2.76. The Hall–Kier alpha value is -3.25. The van der Waals surface area contributed by atoms with Crippen LogP contribution in [0.5, 0.6) is 0 Å². The van der Waals surface area contributed by atoms with E-state index in [1.807, 2.05) is 54.6 Å². The number of benzene rings is 1. The number of hydrogen-bond donors (Lipinski definition) is 2. The van der Waals surface area contributed by atoms with Crippen LogP contribution in [0.2, 0.25) is 0 Å². The molecule has 1 aromatic carbocycles. The average Bonchev–Trinajstić information content (AvgIpc) is 2.75. The van der Waals surface area contributed by atoms with Gasteiger partial charge in [0.15, 0.2) is 0 Å². The van der Waals surface area contributed by atoms with Crippen molar-refractivity contribution >= 4 is 11.7 Å². The van der Waals surface area contributed by atoms with Gasteiger partial charge in [-0.15, -0.1) is 0 Å². The zero-order chi connectivity index (χ0) is 19.6. The maximum atomic E-state index is 12.7. The smallest absolute Gasteiger partial charge is 0.255 e. The third kappa shape index (κ3) is 5.37. The molecule has 2 heterocycles. The zero-order valence-corrected chi connectivity index (χ0v) is 15.9. The van der Waals surface area contributed by atoms with Gasteiger partial charge in [0, 0.05) is 44.1 Å². The van der Waals surface area contributed by atoms with Gasteiger partial charge in [-0.05, 0) is 24.3 Å². The summed E-state index contributed by atoms with van der Waals surface area (Å²) in [4.78, 5) is 21.6. The summed E-state index contributed by atoms with van der Waals surface area (Å²) in [6, 6.07) is 19.3. The van der Waals surface area contributed by atoms with Crippen molar-refractivity contribution in [2.75, 3.05) is 32.1 Å². The Morgan fingerprint density at radius 1 is 1.00 bits per heavy atom. The maximum absolute atomic E-state index is 12.7. The molecule has 3 aromatic rings. The first-order valence-corrected chi connectivity index (χ1v) is 9.25. The van der Waals surface area contributed by atoms with E-state index in [1.165, 1.54) is 0 Å². The number of hydrogen-bond acceptors (Lipinski definition) is 5. The van der Waals surface area contributed by atoms with Gasteiger partial charge in [0.05, 0.1) is 17.9 Å². The Kier molecular flexibility index (Phi) is 7.09. The highest BCUT2D eigenvalue weighted by atomic mass is 16.5. The summed E-state index contributed by atoms with van der Waals surface area (Å²) >= 11 is 0. The second-order valence-electron chi connectivity index (χ2n) is 6.21. The van der Waals surface area contributed by atoms with Gasteiger partial charge in [-0.25, -0.2) is 4.98 Å². The quantitative estimate of drug-likeness (QED) is 0.561. The normalized spacial score (nSPS) is 10.5. The molecule has 0 atom stereocenters. The molecular weight excluding hydrogens is 352 g/mol. The lowest BCUT2D eigenvalue weighted by Crippen LogP contribution is -2.27. The molecule has 6 heteroatoms. The summed E-state index contributed by atoms with van der Waals surface area (Å²) in [5.74, 6) is 0.386. The van der Waals surface area contributed by atoms with Crippen molar-refractivity contribution in [1.82, 2.24) is 15.3 Å². The maximum Gasteiger partial charge on any atom is 0.255 e. The van der Waals surface area contributed by atoms with E-state index < -0.39 is 0 Å². The number of carbonyl (C=O) groups is 1. The number of rotatable bonds is 9. The first-order chi connectivity index (χ1) is 13.8. The fraction of sp³-hybridized carbons (Fsp3) is 0.227. The highest BCUT2D eigenvalue weighted by molar-refractivity contribution is 5.99. The number of aromatic nitrogens is 2. The SMILES string of the molecule is COCCNc1nc(-c2ccccc2)ccc1C(=O)NCCc1ccccn1. The highest BCUT2D eigenvalue weighted by Gasteiger charge is 2.14. The lowest BCUT2D eigenvalue weighted by Gasteiger charge is -2.13. The molecule has 0 bridgehead atoms. The Balaban J connectivity index is 1.73. The summed E-state index contributed by atoms with van der Waals surface area (Å²) in [7, 11) is 1.64. The molecule has 0 unspecified atom stereocenters. The second kappa shape index (κ2) is 10.2. The Morgan fingerprint density at radius 3 is 2.57 bits per heavy atom. The van der Waals surface area contributed by atoms with Crippen LogP contribution in [0.3, 0.4) is 0 Å². The second-order valence-corrected chi connectivity index (χ2v) is 6.21. The Bertz CT molecular complexity index is 886. The minimum absolute atomic E-state index is 0.164. The molecule has 2 aromatic heterocycles. The molecule has 144 valence electrons. The van der Waals surface area contributed by atoms with Crippen molar-refractivity contribution < 1.29 is 9.53 Å². The average molecular weight is 376 g/mol. The lowest BCUT2D eigenvalue weighted by atomic mass is 10.1. The first-order valence-electron chi connectivity index (χ1n) is 9.25. The predicted octanol–water partition coefficient (Wildman–Crippen LogP) is 3.17. The Labute approximate surface area is 165 Å². The topological polar surface area (TPSA) is 76.1 Å². The third-order valence-corrected chi connectivity index (χ3v) is 4.20. The molecule has 0 radical (unpaired) electrons. The van der Waals surface area contributed by atoms with Crippen LogP contribution in [-0.4, -0.2) is 42.7 Å². The van der Waals surface area contributed by atoms with E-state index in [0.717, 1.165) is 17.0 Å². The molecular formula is C22H24N4O2. The summed E-state index contributed by atoms with van der Waals surface area (Å²) < 4.78 is 5.09. The lowest BCUT2D eigenvalue weighted by molar-refractivity contribution is 0.0954. The first kappa shape index (κ1) is 19.5. The minimum Gasteiger partial charge on any atom is -0.383 e. The van der Waals surface area contributed by atoms with Crippen LogP contribution in [0.1, 0.15) is 16.1 Å². The molecule has 0 aliphatic heterocycles. The number of nitrogens with zero attached hydrogens (tertiary/aromatic N) is 2. The van der Waals surface area contributed by atoms with Crippen molar-refractivity contribution in [3.8, 4) is 11.3 Å². The number of methoxy groups -OCH3 is 1. The molecule has 2 N–H and O–H groups in total. The van der Waals surface area contributed by atoms with Crippen molar-refractivity contribution in [3.05, 3.63) is 78.1 Å². The van der Waals surface area contributed by atoms with Crippen LogP contribution < -0.4 is 10.6 Å². The van der Waals surface area contributed by atoms with Gasteiger partial charge < -0.3 is 15.4 Å². The monoisotopic (exact) mass is 376 g/mol. The van der Waals surface area contributed by atoms with Gasteiger partial charge in [0.25, 0.3) is 5.91 Å². The number of amides is 1.